The molecule has 11 heteroatoms. The summed E-state index contributed by atoms with van der Waals surface area (Å²) in [5.41, 5.74) is 4.07. The lowest BCUT2D eigenvalue weighted by Crippen LogP contribution is -2.57. The van der Waals surface area contributed by atoms with Gasteiger partial charge in [0.1, 0.15) is 11.3 Å². The van der Waals surface area contributed by atoms with Crippen molar-refractivity contribution in [3.63, 3.8) is 0 Å². The molecule has 9 rings (SSSR count). The number of ether oxygens (including phenoxy) is 2. The molecule has 258 valence electrons. The molecule has 10 nitrogen and oxygen atoms in total. The van der Waals surface area contributed by atoms with Crippen LogP contribution in [0.3, 0.4) is 0 Å². The Bertz CT molecular complexity index is 2220. The number of pyridine rings is 1. The van der Waals surface area contributed by atoms with E-state index in [1.807, 2.05) is 37.3 Å². The van der Waals surface area contributed by atoms with Gasteiger partial charge in [0.15, 0.2) is 5.82 Å². The number of aromatic hydroxyl groups is 1. The summed E-state index contributed by atoms with van der Waals surface area (Å²) in [7, 11) is 7.09. The van der Waals surface area contributed by atoms with Gasteiger partial charge in [-0.3, -0.25) is 4.79 Å². The summed E-state index contributed by atoms with van der Waals surface area (Å²) in [5, 5.41) is 27.0. The Labute approximate surface area is 290 Å². The van der Waals surface area contributed by atoms with Crippen molar-refractivity contribution in [3.05, 3.63) is 59.5 Å². The van der Waals surface area contributed by atoms with Gasteiger partial charge in [0.05, 0.1) is 54.5 Å². The third kappa shape index (κ3) is 4.72. The second-order valence-electron chi connectivity index (χ2n) is 14.2. The molecule has 5 heterocycles. The Morgan fingerprint density at radius 2 is 1.98 bits per heavy atom. The van der Waals surface area contributed by atoms with Crippen molar-refractivity contribution in [1.82, 2.24) is 19.8 Å². The second kappa shape index (κ2) is 12.1. The van der Waals surface area contributed by atoms with Gasteiger partial charge in [-0.25, -0.2) is 9.37 Å². The molecular weight excluding hydrogens is 635 g/mol. The molecule has 2 N–H and O–H groups in total. The first-order chi connectivity index (χ1) is 24.2. The van der Waals surface area contributed by atoms with Crippen molar-refractivity contribution in [2.75, 3.05) is 52.8 Å². The molecule has 4 aliphatic rings. The molecule has 3 aliphatic heterocycles. The van der Waals surface area contributed by atoms with Gasteiger partial charge >= 0.3 is 5.97 Å². The lowest BCUT2D eigenvalue weighted by molar-refractivity contribution is -0.142. The molecule has 0 radical (unpaired) electrons. The maximum absolute atomic E-state index is 17.6. The van der Waals surface area contributed by atoms with E-state index in [1.54, 1.807) is 19.2 Å². The zero-order valence-electron chi connectivity index (χ0n) is 29.0. The summed E-state index contributed by atoms with van der Waals surface area (Å²) in [6, 6.07) is 15.6. The topological polar surface area (TPSA) is 116 Å². The maximum Gasteiger partial charge on any atom is 0.314 e. The van der Waals surface area contributed by atoms with Gasteiger partial charge in [-0.1, -0.05) is 24.3 Å². The highest BCUT2D eigenvalue weighted by Gasteiger charge is 2.51. The van der Waals surface area contributed by atoms with Crippen LogP contribution in [0, 0.1) is 23.1 Å². The van der Waals surface area contributed by atoms with Crippen molar-refractivity contribution in [3.8, 4) is 28.8 Å². The molecule has 2 bridgehead atoms. The van der Waals surface area contributed by atoms with Crippen LogP contribution in [0.4, 0.5) is 10.1 Å². The van der Waals surface area contributed by atoms with Crippen molar-refractivity contribution >= 4 is 44.2 Å². The van der Waals surface area contributed by atoms with Crippen molar-refractivity contribution in [1.29, 1.82) is 5.26 Å². The Morgan fingerprint density at radius 3 is 2.64 bits per heavy atom. The van der Waals surface area contributed by atoms with Crippen LogP contribution in [-0.2, 0) is 16.0 Å². The first-order valence-electron chi connectivity index (χ1n) is 17.2. The Hall–Kier alpha value is -4.92. The van der Waals surface area contributed by atoms with E-state index in [1.165, 1.54) is 7.11 Å². The molecule has 5 aromatic rings. The summed E-state index contributed by atoms with van der Waals surface area (Å²) in [6.07, 6.45) is 1.49. The number of fused-ring (bicyclic) bond motifs is 5. The van der Waals surface area contributed by atoms with E-state index in [9.17, 15) is 15.2 Å². The molecule has 0 spiro atoms. The number of phenolic OH excluding ortho intramolecular Hbond substituents is 1. The number of anilines is 1. The number of aromatic nitrogens is 2. The summed E-state index contributed by atoms with van der Waals surface area (Å²) in [4.78, 5) is 22.8. The van der Waals surface area contributed by atoms with E-state index in [4.69, 9.17) is 14.5 Å². The number of carbonyl (C=O) groups is 1. The van der Waals surface area contributed by atoms with Crippen molar-refractivity contribution in [2.24, 2.45) is 5.92 Å². The SMILES string of the molecule is COC(=O)C(C)c1c(N2CC(N(C)C)C2)c2c(OC)nc3c(F)c(-c4cc(O)cc5ccccc45)c(CCC#N)cc3c2n1[C@H]1[C@H]2CN[C@@H]1C2. The number of esters is 1. The highest BCUT2D eigenvalue weighted by atomic mass is 19.1. The molecule has 2 aromatic heterocycles. The van der Waals surface area contributed by atoms with Crippen LogP contribution in [0.1, 0.15) is 43.0 Å². The van der Waals surface area contributed by atoms with Crippen LogP contribution < -0.4 is 15.0 Å². The fourth-order valence-corrected chi connectivity index (χ4v) is 8.67. The number of likely N-dealkylation sites (N-methyl/N-ethyl adjacent to an activating group) is 1. The van der Waals surface area contributed by atoms with Crippen molar-refractivity contribution < 1.29 is 23.8 Å². The smallest absolute Gasteiger partial charge is 0.314 e. The van der Waals surface area contributed by atoms with E-state index in [2.05, 4.69) is 39.8 Å². The van der Waals surface area contributed by atoms with Crippen LogP contribution in [0.5, 0.6) is 11.6 Å². The van der Waals surface area contributed by atoms with Gasteiger partial charge in [-0.2, -0.15) is 5.26 Å². The number of nitrogens with one attached hydrogen (secondary N) is 1. The third-order valence-electron chi connectivity index (χ3n) is 11.3. The molecule has 4 fully saturated rings. The Morgan fingerprint density at radius 1 is 1.20 bits per heavy atom. The zero-order chi connectivity index (χ0) is 35.0. The number of hydrogen-bond acceptors (Lipinski definition) is 9. The number of carbonyl (C=O) groups excluding carboxylic acids is 1. The first kappa shape index (κ1) is 32.3. The van der Waals surface area contributed by atoms with Gasteiger partial charge in [0, 0.05) is 49.1 Å². The van der Waals surface area contributed by atoms with Gasteiger partial charge in [-0.05, 0) is 79.9 Å². The van der Waals surface area contributed by atoms with Crippen LogP contribution >= 0.6 is 0 Å². The molecule has 3 aromatic carbocycles. The standard InChI is InChI=1S/C39H41FN6O4/c1-20(39(48)50-5)34-37(45-18-24(19-45)44(2)3)31-36(46(34)35-23-15-29(35)42-17-23)28-14-22(10-8-12-41)30(32(40)33(28)43-38(31)49-4)27-16-25(47)13-21-9-6-7-11-26(21)27/h6-7,9,11,13-14,16,20,23-24,29,35,42,47H,8,10,15,17-19H2,1-5H3/t20?,23-,29-,35+/m1/s1. The fraction of sp³-hybridized carbons (Fsp3) is 0.410. The third-order valence-corrected chi connectivity index (χ3v) is 11.3. The summed E-state index contributed by atoms with van der Waals surface area (Å²) >= 11 is 0. The van der Waals surface area contributed by atoms with Gasteiger partial charge < -0.3 is 34.3 Å². The minimum absolute atomic E-state index is 0.0175. The summed E-state index contributed by atoms with van der Waals surface area (Å²) < 4.78 is 31.2. The van der Waals surface area contributed by atoms with Crippen LogP contribution in [0.15, 0.2) is 42.5 Å². The van der Waals surface area contributed by atoms with Gasteiger partial charge in [-0.15, -0.1) is 0 Å². The number of aryl methyl sites for hydroxylation is 1. The average Bonchev–Trinajstić information content (AvgIpc) is 3.81. The summed E-state index contributed by atoms with van der Waals surface area (Å²) in [6.45, 7) is 4.23. The number of nitrogens with zero attached hydrogens (tertiary/aromatic N) is 5. The van der Waals surface area contributed by atoms with Crippen LogP contribution in [0.25, 0.3) is 43.7 Å². The molecule has 1 aliphatic carbocycles. The molecule has 3 saturated heterocycles. The molecule has 1 saturated carbocycles. The normalized spacial score (nSPS) is 20.7. The monoisotopic (exact) mass is 676 g/mol. The fourth-order valence-electron chi connectivity index (χ4n) is 8.67. The number of benzene rings is 3. The lowest BCUT2D eigenvalue weighted by atomic mass is 9.79. The number of methoxy groups -OCH3 is 2. The molecule has 0 amide bonds. The zero-order valence-corrected chi connectivity index (χ0v) is 29.0. The predicted octanol–water partition coefficient (Wildman–Crippen LogP) is 5.88. The maximum atomic E-state index is 17.6. The first-order valence-corrected chi connectivity index (χ1v) is 17.2. The van der Waals surface area contributed by atoms with Crippen LogP contribution in [0.2, 0.25) is 0 Å². The predicted molar refractivity (Wildman–Crippen MR) is 191 cm³/mol. The second-order valence-corrected chi connectivity index (χ2v) is 14.2. The minimum Gasteiger partial charge on any atom is -0.508 e. The van der Waals surface area contributed by atoms with E-state index in [0.717, 1.165) is 59.1 Å². The van der Waals surface area contributed by atoms with E-state index < -0.39 is 11.7 Å². The van der Waals surface area contributed by atoms with Crippen molar-refractivity contribution in [2.45, 2.75) is 50.2 Å². The van der Waals surface area contributed by atoms with Crippen LogP contribution in [-0.4, -0.2) is 85.6 Å². The van der Waals surface area contributed by atoms with E-state index in [-0.39, 0.29) is 41.6 Å². The van der Waals surface area contributed by atoms with E-state index in [0.29, 0.717) is 40.5 Å². The Balaban J connectivity index is 1.51. The molecule has 4 atom stereocenters. The summed E-state index contributed by atoms with van der Waals surface area (Å²) in [5.74, 6) is -0.884. The minimum atomic E-state index is -0.624. The Kier molecular flexibility index (Phi) is 7.84. The molecule has 50 heavy (non-hydrogen) atoms. The number of hydrogen-bond donors (Lipinski definition) is 2. The highest BCUT2D eigenvalue weighted by molar-refractivity contribution is 6.15. The number of rotatable bonds is 9. The quantitative estimate of drug-likeness (QED) is 0.185. The van der Waals surface area contributed by atoms with Gasteiger partial charge in [0.25, 0.3) is 0 Å². The largest absolute Gasteiger partial charge is 0.508 e. The molecular formula is C39H41FN6O4. The van der Waals surface area contributed by atoms with Gasteiger partial charge in [0.2, 0.25) is 5.88 Å². The van der Waals surface area contributed by atoms with E-state index >= 15 is 4.39 Å². The highest BCUT2D eigenvalue weighted by Crippen LogP contribution is 2.54. The number of nitriles is 1. The molecule has 1 unspecified atom stereocenters. The number of phenols is 1. The number of halogens is 1. The average molecular weight is 677 g/mol. The lowest BCUT2D eigenvalue weighted by Gasteiger charge is -2.45.